The predicted molar refractivity (Wildman–Crippen MR) is 133 cm³/mol. The Morgan fingerprint density at radius 2 is 2.03 bits per heavy atom. The second kappa shape index (κ2) is 8.42. The van der Waals surface area contributed by atoms with Crippen LogP contribution in [0.1, 0.15) is 64.0 Å². The van der Waals surface area contributed by atoms with E-state index in [0.29, 0.717) is 11.5 Å². The summed E-state index contributed by atoms with van der Waals surface area (Å²) in [4.78, 5) is 21.9. The normalized spacial score (nSPS) is 27.6. The molecule has 1 saturated carbocycles. The maximum Gasteiger partial charge on any atom is 0.410 e. The first-order valence-corrected chi connectivity index (χ1v) is 12.6. The number of rotatable bonds is 3. The quantitative estimate of drug-likeness (QED) is 0.697. The van der Waals surface area contributed by atoms with E-state index < -0.39 is 0 Å². The number of nitrogens with zero attached hydrogens (tertiary/aromatic N) is 4. The number of nitrogens with one attached hydrogen (secondary N) is 1. The molecule has 0 bridgehead atoms. The molecule has 3 aliphatic heterocycles. The number of carbonyl (C=O) groups excluding carboxylic acids is 1. The van der Waals surface area contributed by atoms with E-state index >= 15 is 0 Å². The van der Waals surface area contributed by atoms with Crippen LogP contribution >= 0.6 is 0 Å². The van der Waals surface area contributed by atoms with Crippen LogP contribution in [0, 0.1) is 24.2 Å². The van der Waals surface area contributed by atoms with Gasteiger partial charge in [0.05, 0.1) is 23.3 Å². The molecule has 3 heterocycles. The first-order valence-electron chi connectivity index (χ1n) is 12.6. The Morgan fingerprint density at radius 3 is 2.71 bits per heavy atom. The maximum atomic E-state index is 12.4. The number of hydrogen-bond donors (Lipinski definition) is 1. The Hall–Kier alpha value is -2.85. The minimum Gasteiger partial charge on any atom is -0.447 e. The van der Waals surface area contributed by atoms with Gasteiger partial charge in [-0.2, -0.15) is 5.26 Å². The summed E-state index contributed by atoms with van der Waals surface area (Å²) in [5, 5.41) is 12.7. The van der Waals surface area contributed by atoms with Crippen LogP contribution in [0.2, 0.25) is 0 Å². The molecule has 1 spiro atoms. The predicted octanol–water partition coefficient (Wildman–Crippen LogP) is 4.83. The van der Waals surface area contributed by atoms with E-state index in [0.717, 1.165) is 56.0 Å². The van der Waals surface area contributed by atoms with E-state index in [1.54, 1.807) is 0 Å². The SMILES string of the molecule is Cc1cc(C#N)ccc1NC1=NC=C2C(C)C2(N2CCCC23CCN(C(=O)OC(C)C)CC3)C1. The van der Waals surface area contributed by atoms with E-state index in [-0.39, 0.29) is 23.3 Å². The van der Waals surface area contributed by atoms with Crippen LogP contribution in [-0.4, -0.2) is 58.5 Å². The minimum atomic E-state index is -0.179. The van der Waals surface area contributed by atoms with Crippen LogP contribution in [-0.2, 0) is 4.74 Å². The van der Waals surface area contributed by atoms with E-state index in [4.69, 9.17) is 15.0 Å². The van der Waals surface area contributed by atoms with Gasteiger partial charge in [-0.25, -0.2) is 9.79 Å². The molecule has 2 atom stereocenters. The van der Waals surface area contributed by atoms with Crippen LogP contribution < -0.4 is 5.32 Å². The summed E-state index contributed by atoms with van der Waals surface area (Å²) in [5.74, 6) is 1.47. The third kappa shape index (κ3) is 3.69. The molecule has 1 amide bonds. The zero-order valence-electron chi connectivity index (χ0n) is 20.7. The number of benzene rings is 1. The molecule has 2 unspecified atom stereocenters. The number of carbonyl (C=O) groups is 1. The third-order valence-electron chi connectivity index (χ3n) is 8.40. The number of aliphatic imine (C=N–C) groups is 1. The van der Waals surface area contributed by atoms with Gasteiger partial charge in [0.2, 0.25) is 0 Å². The lowest BCUT2D eigenvalue weighted by Gasteiger charge is -2.49. The van der Waals surface area contributed by atoms with Crippen molar-refractivity contribution in [2.24, 2.45) is 10.9 Å². The van der Waals surface area contributed by atoms with Crippen molar-refractivity contribution in [1.29, 1.82) is 5.26 Å². The second-order valence-electron chi connectivity index (χ2n) is 10.6. The number of ether oxygens (including phenoxy) is 1. The van der Waals surface area contributed by atoms with Crippen molar-refractivity contribution in [1.82, 2.24) is 9.80 Å². The Labute approximate surface area is 202 Å². The average Bonchev–Trinajstić information content (AvgIpc) is 3.18. The van der Waals surface area contributed by atoms with Gasteiger partial charge in [-0.15, -0.1) is 0 Å². The van der Waals surface area contributed by atoms with Gasteiger partial charge in [-0.1, -0.05) is 6.92 Å². The summed E-state index contributed by atoms with van der Waals surface area (Å²) in [6, 6.07) is 7.94. The summed E-state index contributed by atoms with van der Waals surface area (Å²) in [6.07, 6.45) is 7.08. The van der Waals surface area contributed by atoms with Crippen molar-refractivity contribution in [3.63, 3.8) is 0 Å². The minimum absolute atomic E-state index is 0.0295. The molecule has 7 nitrogen and oxygen atoms in total. The van der Waals surface area contributed by atoms with Gasteiger partial charge in [0.1, 0.15) is 5.84 Å². The Kier molecular flexibility index (Phi) is 5.68. The first-order chi connectivity index (χ1) is 16.3. The molecule has 7 heteroatoms. The van der Waals surface area contributed by atoms with Crippen LogP contribution in [0.5, 0.6) is 0 Å². The fourth-order valence-corrected chi connectivity index (χ4v) is 6.53. The number of piperidine rings is 1. The highest BCUT2D eigenvalue weighted by Crippen LogP contribution is 2.62. The molecular weight excluding hydrogens is 426 g/mol. The summed E-state index contributed by atoms with van der Waals surface area (Å²) < 4.78 is 5.45. The first kappa shape index (κ1) is 22.9. The average molecular weight is 462 g/mol. The maximum absolute atomic E-state index is 12.4. The van der Waals surface area contributed by atoms with Gasteiger partial charge in [-0.3, -0.25) is 4.90 Å². The number of hydrogen-bond acceptors (Lipinski definition) is 6. The highest BCUT2D eigenvalue weighted by Gasteiger charge is 2.67. The molecule has 0 radical (unpaired) electrons. The van der Waals surface area contributed by atoms with Crippen molar-refractivity contribution in [3.8, 4) is 6.07 Å². The fourth-order valence-electron chi connectivity index (χ4n) is 6.53. The van der Waals surface area contributed by atoms with Crippen LogP contribution in [0.25, 0.3) is 0 Å². The fraction of sp³-hybridized carbons (Fsp3) is 0.593. The smallest absolute Gasteiger partial charge is 0.410 e. The number of anilines is 1. The van der Waals surface area contributed by atoms with Gasteiger partial charge < -0.3 is 15.0 Å². The number of likely N-dealkylation sites (tertiary alicyclic amines) is 2. The molecule has 4 aliphatic rings. The molecule has 2 saturated heterocycles. The monoisotopic (exact) mass is 461 g/mol. The van der Waals surface area contributed by atoms with E-state index in [1.165, 1.54) is 18.4 Å². The van der Waals surface area contributed by atoms with E-state index in [1.807, 2.05) is 43.9 Å². The van der Waals surface area contributed by atoms with Crippen LogP contribution in [0.4, 0.5) is 10.5 Å². The lowest BCUT2D eigenvalue weighted by atomic mass is 9.83. The lowest BCUT2D eigenvalue weighted by Crippen LogP contribution is -2.58. The summed E-state index contributed by atoms with van der Waals surface area (Å²) >= 11 is 0. The number of nitriles is 1. The van der Waals surface area contributed by atoms with Gasteiger partial charge in [-0.05, 0) is 82.3 Å². The Balaban J connectivity index is 1.32. The van der Waals surface area contributed by atoms with Crippen molar-refractivity contribution in [2.45, 2.75) is 77.0 Å². The number of amides is 1. The largest absolute Gasteiger partial charge is 0.447 e. The molecule has 1 N–H and O–H groups in total. The van der Waals surface area contributed by atoms with Crippen LogP contribution in [0.15, 0.2) is 35.0 Å². The van der Waals surface area contributed by atoms with Crippen molar-refractivity contribution in [2.75, 3.05) is 25.0 Å². The van der Waals surface area contributed by atoms with E-state index in [2.05, 4.69) is 29.4 Å². The molecule has 1 aromatic rings. The standard InChI is InChI=1S/C27H35N5O2/c1-18(2)34-25(33)31-12-9-26(10-13-31)8-5-11-32(26)27-15-24(29-17-22(27)20(27)4)30-23-7-6-21(16-28)14-19(23)3/h6-7,14,17-18,20H,5,8-13,15H2,1-4H3,(H,29,30). The third-order valence-corrected chi connectivity index (χ3v) is 8.40. The lowest BCUT2D eigenvalue weighted by molar-refractivity contribution is 0.00704. The Morgan fingerprint density at radius 1 is 1.26 bits per heavy atom. The topological polar surface area (TPSA) is 81.0 Å². The van der Waals surface area contributed by atoms with Crippen molar-refractivity contribution >= 4 is 17.6 Å². The van der Waals surface area contributed by atoms with Gasteiger partial charge in [0, 0.05) is 42.9 Å². The molecule has 180 valence electrons. The van der Waals surface area contributed by atoms with Crippen molar-refractivity contribution < 1.29 is 9.53 Å². The molecular formula is C27H35N5O2. The van der Waals surface area contributed by atoms with E-state index in [9.17, 15) is 4.79 Å². The number of amidine groups is 1. The highest BCUT2D eigenvalue weighted by atomic mass is 16.6. The van der Waals surface area contributed by atoms with Gasteiger partial charge in [0.15, 0.2) is 0 Å². The molecule has 3 fully saturated rings. The Bertz CT molecular complexity index is 1090. The van der Waals surface area contributed by atoms with Crippen LogP contribution in [0.3, 0.4) is 0 Å². The molecule has 5 rings (SSSR count). The zero-order chi connectivity index (χ0) is 24.1. The number of fused-ring (bicyclic) bond motifs is 1. The zero-order valence-corrected chi connectivity index (χ0v) is 20.7. The highest BCUT2D eigenvalue weighted by molar-refractivity contribution is 5.99. The summed E-state index contributed by atoms with van der Waals surface area (Å²) in [5.41, 5.74) is 4.34. The number of aryl methyl sites for hydroxylation is 1. The molecule has 1 aliphatic carbocycles. The summed E-state index contributed by atoms with van der Waals surface area (Å²) in [6.45, 7) is 10.8. The second-order valence-corrected chi connectivity index (χ2v) is 10.6. The van der Waals surface area contributed by atoms with Crippen molar-refractivity contribution in [3.05, 3.63) is 41.1 Å². The van der Waals surface area contributed by atoms with Gasteiger partial charge >= 0.3 is 6.09 Å². The molecule has 34 heavy (non-hydrogen) atoms. The molecule has 0 aromatic heterocycles. The summed E-state index contributed by atoms with van der Waals surface area (Å²) in [7, 11) is 0. The molecule has 1 aromatic carbocycles. The van der Waals surface area contributed by atoms with Gasteiger partial charge in [0.25, 0.3) is 0 Å².